The molecule has 1 aliphatic heterocycles. The van der Waals surface area contributed by atoms with Gasteiger partial charge in [0.15, 0.2) is 5.82 Å². The molecule has 0 aromatic carbocycles. The average Bonchev–Trinajstić information content (AvgIpc) is 2.39. The Morgan fingerprint density at radius 2 is 2.29 bits per heavy atom. The molecule has 5 nitrogen and oxygen atoms in total. The predicted molar refractivity (Wildman–Crippen MR) is 66.8 cm³/mol. The molecule has 1 saturated heterocycles. The summed E-state index contributed by atoms with van der Waals surface area (Å²) in [4.78, 5) is 2.22. The Bertz CT molecular complexity index is 367. The lowest BCUT2D eigenvalue weighted by molar-refractivity contribution is -0.00484. The van der Waals surface area contributed by atoms with Gasteiger partial charge >= 0.3 is 0 Å². The molecule has 1 aliphatic rings. The molecule has 0 spiro atoms. The molecule has 5 heteroatoms. The number of methoxy groups -OCH3 is 1. The molecule has 0 bridgehead atoms. The third-order valence-electron chi connectivity index (χ3n) is 3.39. The van der Waals surface area contributed by atoms with Crippen LogP contribution in [0.5, 0.6) is 0 Å². The lowest BCUT2D eigenvalue weighted by Gasteiger charge is -2.39. The van der Waals surface area contributed by atoms with E-state index in [1.807, 2.05) is 12.1 Å². The molecule has 0 radical (unpaired) electrons. The van der Waals surface area contributed by atoms with Crippen molar-refractivity contribution >= 4 is 5.82 Å². The molecule has 1 aromatic heterocycles. The van der Waals surface area contributed by atoms with Crippen molar-refractivity contribution in [1.82, 2.24) is 10.2 Å². The Balaban J connectivity index is 2.10. The van der Waals surface area contributed by atoms with Crippen molar-refractivity contribution in [3.05, 3.63) is 17.8 Å². The summed E-state index contributed by atoms with van der Waals surface area (Å²) in [6.45, 7) is 4.44. The largest absolute Gasteiger partial charge is 0.377 e. The molecule has 2 N–H and O–H groups in total. The zero-order valence-corrected chi connectivity index (χ0v) is 10.5. The van der Waals surface area contributed by atoms with Crippen LogP contribution in [0.25, 0.3) is 0 Å². The maximum absolute atomic E-state index is 5.57. The minimum atomic E-state index is -0.0769. The van der Waals surface area contributed by atoms with E-state index >= 15 is 0 Å². The first kappa shape index (κ1) is 12.3. The van der Waals surface area contributed by atoms with Crippen LogP contribution in [-0.2, 0) is 11.3 Å². The molecule has 0 amide bonds. The lowest BCUT2D eigenvalue weighted by atomic mass is 9.95. The monoisotopic (exact) mass is 236 g/mol. The predicted octanol–water partition coefficient (Wildman–Crippen LogP) is 0.941. The third kappa shape index (κ3) is 2.73. The topological polar surface area (TPSA) is 64.3 Å². The zero-order valence-electron chi connectivity index (χ0n) is 10.5. The van der Waals surface area contributed by atoms with Gasteiger partial charge < -0.3 is 15.4 Å². The quantitative estimate of drug-likeness (QED) is 0.846. The highest BCUT2D eigenvalue weighted by Gasteiger charge is 2.31. The maximum Gasteiger partial charge on any atom is 0.151 e. The van der Waals surface area contributed by atoms with Crippen molar-refractivity contribution in [3.63, 3.8) is 0 Å². The van der Waals surface area contributed by atoms with E-state index in [0.717, 1.165) is 37.4 Å². The zero-order chi connectivity index (χ0) is 12.3. The Labute approximate surface area is 102 Å². The van der Waals surface area contributed by atoms with Crippen LogP contribution >= 0.6 is 0 Å². The number of aromatic nitrogens is 2. The summed E-state index contributed by atoms with van der Waals surface area (Å²) in [5.74, 6) is 0.908. The first-order chi connectivity index (χ1) is 8.17. The molecular formula is C12H20N4O. The van der Waals surface area contributed by atoms with Crippen molar-refractivity contribution in [3.8, 4) is 0 Å². The third-order valence-corrected chi connectivity index (χ3v) is 3.39. The van der Waals surface area contributed by atoms with E-state index in [-0.39, 0.29) is 5.60 Å². The Morgan fingerprint density at radius 1 is 1.47 bits per heavy atom. The molecule has 17 heavy (non-hydrogen) atoms. The minimum Gasteiger partial charge on any atom is -0.377 e. The normalized spacial score (nSPS) is 25.0. The van der Waals surface area contributed by atoms with E-state index in [0.29, 0.717) is 6.54 Å². The summed E-state index contributed by atoms with van der Waals surface area (Å²) >= 11 is 0. The molecule has 1 fully saturated rings. The van der Waals surface area contributed by atoms with Crippen LogP contribution in [-0.4, -0.2) is 36.0 Å². The van der Waals surface area contributed by atoms with Gasteiger partial charge in [0.05, 0.1) is 11.3 Å². The van der Waals surface area contributed by atoms with E-state index in [1.165, 1.54) is 0 Å². The molecule has 0 saturated carbocycles. The summed E-state index contributed by atoms with van der Waals surface area (Å²) in [6, 6.07) is 3.91. The summed E-state index contributed by atoms with van der Waals surface area (Å²) < 4.78 is 5.57. The number of hydrogen-bond donors (Lipinski definition) is 1. The number of anilines is 1. The molecule has 2 heterocycles. The van der Waals surface area contributed by atoms with E-state index in [2.05, 4.69) is 22.0 Å². The van der Waals surface area contributed by atoms with Crippen molar-refractivity contribution < 1.29 is 4.74 Å². The van der Waals surface area contributed by atoms with Gasteiger partial charge in [0.2, 0.25) is 0 Å². The minimum absolute atomic E-state index is 0.0769. The Morgan fingerprint density at radius 3 is 2.88 bits per heavy atom. The van der Waals surface area contributed by atoms with Gasteiger partial charge in [0.1, 0.15) is 0 Å². The van der Waals surface area contributed by atoms with Gasteiger partial charge in [-0.15, -0.1) is 5.10 Å². The van der Waals surface area contributed by atoms with Gasteiger partial charge in [0, 0.05) is 26.7 Å². The lowest BCUT2D eigenvalue weighted by Crippen LogP contribution is -2.47. The highest BCUT2D eigenvalue weighted by molar-refractivity contribution is 5.38. The fourth-order valence-electron chi connectivity index (χ4n) is 2.20. The maximum atomic E-state index is 5.57. The molecule has 94 valence electrons. The second-order valence-corrected chi connectivity index (χ2v) is 4.77. The van der Waals surface area contributed by atoms with Crippen LogP contribution in [0, 0.1) is 0 Å². The van der Waals surface area contributed by atoms with Gasteiger partial charge in [-0.3, -0.25) is 0 Å². The fourth-order valence-corrected chi connectivity index (χ4v) is 2.20. The highest BCUT2D eigenvalue weighted by Crippen LogP contribution is 2.26. The van der Waals surface area contributed by atoms with Crippen LogP contribution in [0.3, 0.4) is 0 Å². The van der Waals surface area contributed by atoms with E-state index in [9.17, 15) is 0 Å². The molecule has 1 unspecified atom stereocenters. The Kier molecular flexibility index (Phi) is 3.59. The second-order valence-electron chi connectivity index (χ2n) is 4.77. The van der Waals surface area contributed by atoms with Crippen LogP contribution < -0.4 is 10.6 Å². The van der Waals surface area contributed by atoms with E-state index < -0.39 is 0 Å². The number of nitrogens with two attached hydrogens (primary N) is 1. The van der Waals surface area contributed by atoms with Crippen molar-refractivity contribution in [2.75, 3.05) is 25.1 Å². The van der Waals surface area contributed by atoms with Crippen molar-refractivity contribution in [1.29, 1.82) is 0 Å². The number of piperidine rings is 1. The van der Waals surface area contributed by atoms with E-state index in [1.54, 1.807) is 7.11 Å². The van der Waals surface area contributed by atoms with Crippen LogP contribution in [0.4, 0.5) is 5.82 Å². The van der Waals surface area contributed by atoms with Crippen LogP contribution in [0.15, 0.2) is 12.1 Å². The van der Waals surface area contributed by atoms with Crippen molar-refractivity contribution in [2.24, 2.45) is 5.73 Å². The summed E-state index contributed by atoms with van der Waals surface area (Å²) in [7, 11) is 1.77. The summed E-state index contributed by atoms with van der Waals surface area (Å²) in [5.41, 5.74) is 6.25. The van der Waals surface area contributed by atoms with E-state index in [4.69, 9.17) is 10.5 Å². The first-order valence-corrected chi connectivity index (χ1v) is 6.00. The highest BCUT2D eigenvalue weighted by atomic mass is 16.5. The number of hydrogen-bond acceptors (Lipinski definition) is 5. The fraction of sp³-hybridized carbons (Fsp3) is 0.667. The summed E-state index contributed by atoms with van der Waals surface area (Å²) in [5, 5.41) is 8.30. The van der Waals surface area contributed by atoms with Gasteiger partial charge in [0.25, 0.3) is 0 Å². The Hall–Kier alpha value is -1.20. The van der Waals surface area contributed by atoms with Gasteiger partial charge in [-0.2, -0.15) is 5.10 Å². The standard InChI is InChI=1S/C12H20N4O/c1-12(17-2)6-3-7-16(9-12)11-5-4-10(8-13)14-15-11/h4-5H,3,6-9,13H2,1-2H3. The molecule has 1 atom stereocenters. The molecular weight excluding hydrogens is 216 g/mol. The average molecular weight is 236 g/mol. The smallest absolute Gasteiger partial charge is 0.151 e. The summed E-state index contributed by atoms with van der Waals surface area (Å²) in [6.07, 6.45) is 2.21. The van der Waals surface area contributed by atoms with Gasteiger partial charge in [-0.1, -0.05) is 0 Å². The number of rotatable bonds is 3. The van der Waals surface area contributed by atoms with Crippen LogP contribution in [0.2, 0.25) is 0 Å². The molecule has 1 aromatic rings. The van der Waals surface area contributed by atoms with Crippen molar-refractivity contribution in [2.45, 2.75) is 31.9 Å². The number of ether oxygens (including phenoxy) is 1. The molecule has 2 rings (SSSR count). The first-order valence-electron chi connectivity index (χ1n) is 6.00. The second kappa shape index (κ2) is 4.98. The number of nitrogens with zero attached hydrogens (tertiary/aromatic N) is 3. The van der Waals surface area contributed by atoms with Gasteiger partial charge in [-0.05, 0) is 31.9 Å². The SMILES string of the molecule is COC1(C)CCCN(c2ccc(CN)nn2)C1. The van der Waals surface area contributed by atoms with Crippen LogP contribution in [0.1, 0.15) is 25.5 Å². The van der Waals surface area contributed by atoms with Gasteiger partial charge in [-0.25, -0.2) is 0 Å². The molecule has 0 aliphatic carbocycles.